The molecule has 0 saturated carbocycles. The van der Waals surface area contributed by atoms with Crippen molar-refractivity contribution >= 4 is 16.6 Å². The fraction of sp³-hybridized carbons (Fsp3) is 0.667. The van der Waals surface area contributed by atoms with Gasteiger partial charge in [0.15, 0.2) is 5.78 Å². The fourth-order valence-corrected chi connectivity index (χ4v) is 2.81. The molecular weight excluding hydrogens is 186 g/mol. The average Bonchev–Trinajstić information content (AvgIpc) is 2.53. The van der Waals surface area contributed by atoms with E-state index in [1.54, 1.807) is 6.08 Å². The van der Waals surface area contributed by atoms with Gasteiger partial charge in [0.05, 0.1) is 0 Å². The number of hydrogen-bond acceptors (Lipinski definition) is 3. The predicted molar refractivity (Wildman–Crippen MR) is 51.8 cm³/mol. The summed E-state index contributed by atoms with van der Waals surface area (Å²) < 4.78 is 11.1. The van der Waals surface area contributed by atoms with Crippen LogP contribution >= 0.6 is 0 Å². The third kappa shape index (κ3) is 1.99. The van der Waals surface area contributed by atoms with E-state index in [0.29, 0.717) is 6.42 Å². The molecule has 2 rings (SSSR count). The summed E-state index contributed by atoms with van der Waals surface area (Å²) in [6.07, 6.45) is 3.29. The second-order valence-electron chi connectivity index (χ2n) is 3.44. The summed E-state index contributed by atoms with van der Waals surface area (Å²) in [4.78, 5) is 13.2. The van der Waals surface area contributed by atoms with E-state index in [9.17, 15) is 9.00 Å². The molecule has 4 heteroatoms. The van der Waals surface area contributed by atoms with E-state index < -0.39 is 10.8 Å². The lowest BCUT2D eigenvalue weighted by Gasteiger charge is -2.29. The van der Waals surface area contributed by atoms with Gasteiger partial charge in [0.1, 0.15) is 0 Å². The minimum Gasteiger partial charge on any atom is -0.373 e. The summed E-state index contributed by atoms with van der Waals surface area (Å²) in [5, 5.41) is 0. The van der Waals surface area contributed by atoms with Crippen molar-refractivity contribution in [1.29, 1.82) is 0 Å². The van der Waals surface area contributed by atoms with E-state index in [1.807, 2.05) is 0 Å². The molecule has 1 aliphatic carbocycles. The second kappa shape index (κ2) is 3.62. The van der Waals surface area contributed by atoms with Gasteiger partial charge in [0.2, 0.25) is 0 Å². The van der Waals surface area contributed by atoms with E-state index >= 15 is 0 Å². The number of hydrogen-bond donors (Lipinski definition) is 0. The maximum absolute atomic E-state index is 11.1. The summed E-state index contributed by atoms with van der Waals surface area (Å²) in [7, 11) is -0.624. The monoisotopic (exact) mass is 199 g/mol. The van der Waals surface area contributed by atoms with Crippen LogP contribution in [0, 0.1) is 0 Å². The molecule has 1 saturated heterocycles. The fourth-order valence-electron chi connectivity index (χ4n) is 1.76. The molecule has 1 fully saturated rings. The summed E-state index contributed by atoms with van der Waals surface area (Å²) in [6.45, 7) is 1.71. The molecule has 0 spiro atoms. The Bertz CT molecular complexity index is 275. The second-order valence-corrected chi connectivity index (χ2v) is 5.13. The van der Waals surface area contributed by atoms with Gasteiger partial charge in [-0.3, -0.25) is 9.00 Å². The first-order valence-electron chi connectivity index (χ1n) is 4.59. The summed E-state index contributed by atoms with van der Waals surface area (Å²) in [5.41, 5.74) is 1.15. The number of ketones is 1. The minimum absolute atomic E-state index is 0.238. The predicted octanol–water partition coefficient (Wildman–Crippen LogP) is 0.297. The maximum Gasteiger partial charge on any atom is 0.157 e. The quantitative estimate of drug-likeness (QED) is 0.609. The van der Waals surface area contributed by atoms with Gasteiger partial charge in [-0.2, -0.15) is 0 Å². The van der Waals surface area contributed by atoms with Gasteiger partial charge < -0.3 is 4.90 Å². The van der Waals surface area contributed by atoms with Gasteiger partial charge in [-0.05, 0) is 6.42 Å². The normalized spacial score (nSPS) is 25.1. The van der Waals surface area contributed by atoms with Crippen LogP contribution in [0.2, 0.25) is 0 Å². The lowest BCUT2D eigenvalue weighted by atomic mass is 10.3. The van der Waals surface area contributed by atoms with Crippen LogP contribution < -0.4 is 0 Å². The van der Waals surface area contributed by atoms with Crippen LogP contribution in [0.25, 0.3) is 0 Å². The molecule has 0 N–H and O–H groups in total. The number of allylic oxidation sites excluding steroid dienone is 2. The van der Waals surface area contributed by atoms with E-state index in [2.05, 4.69) is 4.90 Å². The first-order valence-corrected chi connectivity index (χ1v) is 6.08. The molecule has 0 aromatic rings. The Morgan fingerprint density at radius 3 is 2.46 bits per heavy atom. The summed E-state index contributed by atoms with van der Waals surface area (Å²) in [5.74, 6) is 1.75. The van der Waals surface area contributed by atoms with Gasteiger partial charge in [-0.1, -0.05) is 0 Å². The maximum atomic E-state index is 11.1. The van der Waals surface area contributed by atoms with Crippen molar-refractivity contribution in [2.75, 3.05) is 24.6 Å². The minimum atomic E-state index is -0.624. The van der Waals surface area contributed by atoms with Crippen LogP contribution in [0.1, 0.15) is 12.8 Å². The highest BCUT2D eigenvalue weighted by molar-refractivity contribution is 7.85. The van der Waals surface area contributed by atoms with E-state index in [0.717, 1.165) is 36.7 Å². The topological polar surface area (TPSA) is 37.4 Å². The molecular formula is C9H13NO2S. The highest BCUT2D eigenvalue weighted by Gasteiger charge is 2.21. The Morgan fingerprint density at radius 2 is 1.92 bits per heavy atom. The number of rotatable bonds is 1. The van der Waals surface area contributed by atoms with Crippen LogP contribution in [0.15, 0.2) is 11.8 Å². The zero-order chi connectivity index (χ0) is 9.26. The molecule has 0 radical (unpaired) electrons. The number of carbonyl (C=O) groups is 1. The SMILES string of the molecule is O=C1C=C(N2CCS(=O)CC2)CC1. The van der Waals surface area contributed by atoms with Crippen molar-refractivity contribution in [2.24, 2.45) is 0 Å². The third-order valence-electron chi connectivity index (χ3n) is 2.54. The lowest BCUT2D eigenvalue weighted by molar-refractivity contribution is -0.114. The first-order chi connectivity index (χ1) is 6.25. The van der Waals surface area contributed by atoms with Crippen molar-refractivity contribution in [3.05, 3.63) is 11.8 Å². The van der Waals surface area contributed by atoms with Crippen LogP contribution in [-0.2, 0) is 15.6 Å². The standard InChI is InChI=1S/C9H13NO2S/c11-9-2-1-8(7-9)10-3-5-13(12)6-4-10/h7H,1-6H2. The lowest BCUT2D eigenvalue weighted by Crippen LogP contribution is -2.36. The molecule has 3 nitrogen and oxygen atoms in total. The molecule has 0 unspecified atom stereocenters. The van der Waals surface area contributed by atoms with Crippen molar-refractivity contribution in [3.8, 4) is 0 Å². The van der Waals surface area contributed by atoms with Crippen molar-refractivity contribution in [1.82, 2.24) is 4.90 Å². The Balaban J connectivity index is 1.98. The van der Waals surface area contributed by atoms with Gasteiger partial charge >= 0.3 is 0 Å². The summed E-state index contributed by atoms with van der Waals surface area (Å²) in [6, 6.07) is 0. The average molecular weight is 199 g/mol. The van der Waals surface area contributed by atoms with Crippen molar-refractivity contribution < 1.29 is 9.00 Å². The molecule has 1 aliphatic heterocycles. The molecule has 0 aromatic heterocycles. The molecule has 0 aromatic carbocycles. The summed E-state index contributed by atoms with van der Waals surface area (Å²) >= 11 is 0. The van der Waals surface area contributed by atoms with Gasteiger partial charge in [0.25, 0.3) is 0 Å². The molecule has 0 atom stereocenters. The smallest absolute Gasteiger partial charge is 0.157 e. The van der Waals surface area contributed by atoms with Crippen LogP contribution in [0.3, 0.4) is 0 Å². The van der Waals surface area contributed by atoms with E-state index in [1.165, 1.54) is 0 Å². The highest BCUT2D eigenvalue weighted by atomic mass is 32.2. The van der Waals surface area contributed by atoms with Gasteiger partial charge in [0, 0.05) is 53.6 Å². The molecule has 72 valence electrons. The Morgan fingerprint density at radius 1 is 1.23 bits per heavy atom. The van der Waals surface area contributed by atoms with Gasteiger partial charge in [-0.15, -0.1) is 0 Å². The number of nitrogens with zero attached hydrogens (tertiary/aromatic N) is 1. The zero-order valence-electron chi connectivity index (χ0n) is 7.49. The van der Waals surface area contributed by atoms with Gasteiger partial charge in [-0.25, -0.2) is 0 Å². The van der Waals surface area contributed by atoms with Crippen LogP contribution in [-0.4, -0.2) is 39.5 Å². The Hall–Kier alpha value is -0.640. The van der Waals surface area contributed by atoms with E-state index in [-0.39, 0.29) is 5.78 Å². The third-order valence-corrected chi connectivity index (χ3v) is 3.81. The molecule has 2 aliphatic rings. The first kappa shape index (κ1) is 8.94. The van der Waals surface area contributed by atoms with Crippen molar-refractivity contribution in [3.63, 3.8) is 0 Å². The van der Waals surface area contributed by atoms with E-state index in [4.69, 9.17) is 0 Å². The zero-order valence-corrected chi connectivity index (χ0v) is 8.31. The Labute approximate surface area is 80.3 Å². The highest BCUT2D eigenvalue weighted by Crippen LogP contribution is 2.20. The number of carbonyl (C=O) groups excluding carboxylic acids is 1. The molecule has 0 amide bonds. The van der Waals surface area contributed by atoms with Crippen LogP contribution in [0.5, 0.6) is 0 Å². The largest absolute Gasteiger partial charge is 0.373 e. The molecule has 13 heavy (non-hydrogen) atoms. The van der Waals surface area contributed by atoms with Crippen molar-refractivity contribution in [2.45, 2.75) is 12.8 Å². The molecule has 0 bridgehead atoms. The van der Waals surface area contributed by atoms with Crippen LogP contribution in [0.4, 0.5) is 0 Å². The molecule has 1 heterocycles. The Kier molecular flexibility index (Phi) is 2.49.